The zero-order valence-corrected chi connectivity index (χ0v) is 14.3. The number of hydrogen-bond donors (Lipinski definition) is 1. The molecule has 0 heterocycles. The highest BCUT2D eigenvalue weighted by Crippen LogP contribution is 2.14. The lowest BCUT2D eigenvalue weighted by Crippen LogP contribution is -2.07. The van der Waals surface area contributed by atoms with Crippen molar-refractivity contribution >= 4 is 10.1 Å². The van der Waals surface area contributed by atoms with Gasteiger partial charge >= 0.3 is 0 Å². The monoisotopic (exact) mass is 328 g/mol. The van der Waals surface area contributed by atoms with Gasteiger partial charge in [0.15, 0.2) is 0 Å². The molecule has 1 aromatic carbocycles. The molecule has 126 valence electrons. The highest BCUT2D eigenvalue weighted by Gasteiger charge is 2.14. The first-order valence-corrected chi connectivity index (χ1v) is 9.54. The number of hydrogen-bond acceptors (Lipinski definition) is 4. The van der Waals surface area contributed by atoms with Gasteiger partial charge in [-0.1, -0.05) is 56.2 Å². The van der Waals surface area contributed by atoms with E-state index in [2.05, 4.69) is 0 Å². The van der Waals surface area contributed by atoms with E-state index >= 15 is 0 Å². The molecule has 22 heavy (non-hydrogen) atoms. The van der Waals surface area contributed by atoms with E-state index in [1.54, 1.807) is 24.3 Å². The summed E-state index contributed by atoms with van der Waals surface area (Å²) in [6, 6.07) is 6.70. The molecule has 0 radical (unpaired) electrons. The van der Waals surface area contributed by atoms with Gasteiger partial charge in [-0.25, -0.2) is 0 Å². The highest BCUT2D eigenvalue weighted by molar-refractivity contribution is 7.86. The van der Waals surface area contributed by atoms with Gasteiger partial charge in [-0.3, -0.25) is 4.18 Å². The fraction of sp³-hybridized carbons (Fsp3) is 0.647. The SMILES string of the molecule is Cc1ccc(S(=O)(=O)OCCCCCCCCCCO)cc1. The van der Waals surface area contributed by atoms with Crippen LogP contribution in [0.2, 0.25) is 0 Å². The second-order valence-corrected chi connectivity index (χ2v) is 7.26. The summed E-state index contributed by atoms with van der Waals surface area (Å²) in [5, 5.41) is 8.66. The zero-order valence-electron chi connectivity index (χ0n) is 13.5. The third kappa shape index (κ3) is 7.92. The summed E-state index contributed by atoms with van der Waals surface area (Å²) in [4.78, 5) is 0.224. The second-order valence-electron chi connectivity index (χ2n) is 5.64. The van der Waals surface area contributed by atoms with E-state index < -0.39 is 10.1 Å². The maximum absolute atomic E-state index is 11.9. The lowest BCUT2D eigenvalue weighted by Gasteiger charge is -2.06. The van der Waals surface area contributed by atoms with Crippen LogP contribution < -0.4 is 0 Å². The summed E-state index contributed by atoms with van der Waals surface area (Å²) in [6.07, 6.45) is 8.36. The molecule has 1 rings (SSSR count). The molecule has 5 heteroatoms. The van der Waals surface area contributed by atoms with Crippen LogP contribution >= 0.6 is 0 Å². The van der Waals surface area contributed by atoms with E-state index in [0.29, 0.717) is 0 Å². The quantitative estimate of drug-likeness (QED) is 0.468. The van der Waals surface area contributed by atoms with Crippen LogP contribution in [0.4, 0.5) is 0 Å². The molecule has 0 fully saturated rings. The van der Waals surface area contributed by atoms with Gasteiger partial charge in [0.2, 0.25) is 0 Å². The summed E-state index contributed by atoms with van der Waals surface area (Å²) in [5.74, 6) is 0. The zero-order chi connectivity index (χ0) is 16.3. The van der Waals surface area contributed by atoms with Crippen LogP contribution in [0.25, 0.3) is 0 Å². The number of aliphatic hydroxyl groups excluding tert-OH is 1. The fourth-order valence-electron chi connectivity index (χ4n) is 2.22. The molecular formula is C17H28O4S. The Labute approximate surface area is 134 Å². The van der Waals surface area contributed by atoms with Crippen LogP contribution in [0.3, 0.4) is 0 Å². The molecule has 1 N–H and O–H groups in total. The summed E-state index contributed by atoms with van der Waals surface area (Å²) < 4.78 is 28.9. The smallest absolute Gasteiger partial charge is 0.296 e. The van der Waals surface area contributed by atoms with Crippen LogP contribution in [0.15, 0.2) is 29.2 Å². The van der Waals surface area contributed by atoms with Gasteiger partial charge in [0.05, 0.1) is 11.5 Å². The topological polar surface area (TPSA) is 63.6 Å². The van der Waals surface area contributed by atoms with E-state index in [4.69, 9.17) is 9.29 Å². The Hall–Kier alpha value is -0.910. The van der Waals surface area contributed by atoms with Crippen molar-refractivity contribution in [3.8, 4) is 0 Å². The molecule has 0 saturated carbocycles. The van der Waals surface area contributed by atoms with Crippen LogP contribution in [0.5, 0.6) is 0 Å². The molecular weight excluding hydrogens is 300 g/mol. The van der Waals surface area contributed by atoms with Crippen LogP contribution in [-0.2, 0) is 14.3 Å². The highest BCUT2D eigenvalue weighted by atomic mass is 32.2. The Morgan fingerprint density at radius 2 is 1.36 bits per heavy atom. The van der Waals surface area contributed by atoms with Gasteiger partial charge < -0.3 is 5.11 Å². The Bertz CT molecular complexity index is 494. The second kappa shape index (κ2) is 10.8. The van der Waals surface area contributed by atoms with E-state index in [9.17, 15) is 8.42 Å². The number of rotatable bonds is 12. The van der Waals surface area contributed by atoms with Crippen molar-refractivity contribution in [3.05, 3.63) is 29.8 Å². The maximum Gasteiger partial charge on any atom is 0.296 e. The van der Waals surface area contributed by atoms with Gasteiger partial charge in [0.1, 0.15) is 0 Å². The van der Waals surface area contributed by atoms with Crippen LogP contribution in [-0.4, -0.2) is 26.7 Å². The molecule has 0 aliphatic carbocycles. The average molecular weight is 328 g/mol. The summed E-state index contributed by atoms with van der Waals surface area (Å²) in [5.41, 5.74) is 1.03. The molecule has 0 atom stereocenters. The van der Waals surface area contributed by atoms with E-state index in [-0.39, 0.29) is 18.1 Å². The van der Waals surface area contributed by atoms with Crippen molar-refractivity contribution in [1.82, 2.24) is 0 Å². The number of aliphatic hydroxyl groups is 1. The predicted octanol–water partition coefficient (Wildman–Crippen LogP) is 3.81. The largest absolute Gasteiger partial charge is 0.396 e. The maximum atomic E-state index is 11.9. The molecule has 0 aliphatic rings. The molecule has 0 aliphatic heterocycles. The van der Waals surface area contributed by atoms with Crippen molar-refractivity contribution in [3.63, 3.8) is 0 Å². The normalized spacial score (nSPS) is 11.7. The minimum absolute atomic E-state index is 0.224. The standard InChI is InChI=1S/C17H28O4S/c1-16-10-12-17(13-11-16)22(19,20)21-15-9-7-5-3-2-4-6-8-14-18/h10-13,18H,2-9,14-15H2,1H3. The third-order valence-electron chi connectivity index (χ3n) is 3.60. The van der Waals surface area contributed by atoms with Crippen molar-refractivity contribution in [1.29, 1.82) is 0 Å². The first-order chi connectivity index (χ1) is 10.6. The number of aryl methyl sites for hydroxylation is 1. The van der Waals surface area contributed by atoms with Gasteiger partial charge in [0.25, 0.3) is 10.1 Å². The van der Waals surface area contributed by atoms with Gasteiger partial charge in [-0.2, -0.15) is 8.42 Å². The molecule has 0 amide bonds. The predicted molar refractivity (Wildman–Crippen MR) is 88.3 cm³/mol. The minimum atomic E-state index is -3.61. The molecule has 0 unspecified atom stereocenters. The lowest BCUT2D eigenvalue weighted by molar-refractivity contribution is 0.282. The first-order valence-electron chi connectivity index (χ1n) is 8.13. The molecule has 4 nitrogen and oxygen atoms in total. The summed E-state index contributed by atoms with van der Waals surface area (Å²) in [6.45, 7) is 2.45. The van der Waals surface area contributed by atoms with Crippen LogP contribution in [0.1, 0.15) is 56.9 Å². The Morgan fingerprint density at radius 3 is 1.91 bits per heavy atom. The molecule has 1 aromatic rings. The summed E-state index contributed by atoms with van der Waals surface area (Å²) >= 11 is 0. The molecule has 0 saturated heterocycles. The van der Waals surface area contributed by atoms with Crippen molar-refractivity contribution < 1.29 is 17.7 Å². The van der Waals surface area contributed by atoms with Crippen molar-refractivity contribution in [2.24, 2.45) is 0 Å². The van der Waals surface area contributed by atoms with Gasteiger partial charge in [-0.15, -0.1) is 0 Å². The van der Waals surface area contributed by atoms with Gasteiger partial charge in [-0.05, 0) is 31.9 Å². The average Bonchev–Trinajstić information content (AvgIpc) is 2.49. The van der Waals surface area contributed by atoms with E-state index in [0.717, 1.165) is 44.1 Å². The molecule has 0 spiro atoms. The molecule has 0 bridgehead atoms. The number of benzene rings is 1. The Kier molecular flexibility index (Phi) is 9.36. The molecule has 0 aromatic heterocycles. The Balaban J connectivity index is 2.10. The minimum Gasteiger partial charge on any atom is -0.396 e. The Morgan fingerprint density at radius 1 is 0.864 bits per heavy atom. The van der Waals surface area contributed by atoms with E-state index in [1.807, 2.05) is 6.92 Å². The van der Waals surface area contributed by atoms with Crippen molar-refractivity contribution in [2.45, 2.75) is 63.2 Å². The first kappa shape index (κ1) is 19.1. The van der Waals surface area contributed by atoms with Crippen LogP contribution in [0, 0.1) is 6.92 Å². The fourth-order valence-corrected chi connectivity index (χ4v) is 3.16. The summed E-state index contributed by atoms with van der Waals surface area (Å²) in [7, 11) is -3.61. The van der Waals surface area contributed by atoms with Crippen molar-refractivity contribution in [2.75, 3.05) is 13.2 Å². The van der Waals surface area contributed by atoms with Gasteiger partial charge in [0, 0.05) is 6.61 Å². The van der Waals surface area contributed by atoms with E-state index in [1.165, 1.54) is 12.8 Å². The number of unbranched alkanes of at least 4 members (excludes halogenated alkanes) is 7. The lowest BCUT2D eigenvalue weighted by atomic mass is 10.1. The third-order valence-corrected chi connectivity index (χ3v) is 4.93.